The third-order valence-electron chi connectivity index (χ3n) is 1.04. The van der Waals surface area contributed by atoms with Gasteiger partial charge in [-0.2, -0.15) is 0 Å². The molecule has 14 heavy (non-hydrogen) atoms. The van der Waals surface area contributed by atoms with Gasteiger partial charge in [0.25, 0.3) is 0 Å². The van der Waals surface area contributed by atoms with Gasteiger partial charge in [-0.3, -0.25) is 0 Å². The fourth-order valence-corrected chi connectivity index (χ4v) is 0.507. The minimum atomic E-state index is -1.75. The Hall–Kier alpha value is -2.31. The quantitative estimate of drug-likeness (QED) is 0.277. The molecule has 0 aromatic carbocycles. The van der Waals surface area contributed by atoms with Crippen LogP contribution >= 0.6 is 0 Å². The third-order valence-corrected chi connectivity index (χ3v) is 1.04. The second-order valence-corrected chi connectivity index (χ2v) is 2.08. The molecule has 0 heterocycles. The summed E-state index contributed by atoms with van der Waals surface area (Å²) in [7, 11) is 0. The van der Waals surface area contributed by atoms with Gasteiger partial charge in [-0.05, 0) is 0 Å². The molecule has 0 aliphatic heterocycles. The Kier molecular flexibility index (Phi) is 3.88. The molecular weight excluding hydrogens is 196 g/mol. The predicted octanol–water partition coefficient (Wildman–Crippen LogP) is -0.391. The Morgan fingerprint density at radius 1 is 0.786 bits per heavy atom. The number of carboxylic acids is 3. The standard InChI is InChI=1S/C7H6O7/c8-4(7(13)14)1-3(6(11)12)2-5(9)10/h1-2,8H,(H,9,10)(H,11,12)(H,13,14)/b3-2+,4-1?. The predicted molar refractivity (Wildman–Crippen MR) is 41.7 cm³/mol. The van der Waals surface area contributed by atoms with E-state index in [4.69, 9.17) is 20.4 Å². The van der Waals surface area contributed by atoms with Crippen LogP contribution in [0.25, 0.3) is 0 Å². The van der Waals surface area contributed by atoms with E-state index in [-0.39, 0.29) is 6.08 Å². The Morgan fingerprint density at radius 3 is 1.57 bits per heavy atom. The number of carboxylic acid groups (broad SMARTS) is 3. The monoisotopic (exact) mass is 202 g/mol. The zero-order valence-corrected chi connectivity index (χ0v) is 6.67. The van der Waals surface area contributed by atoms with Gasteiger partial charge in [0.1, 0.15) is 0 Å². The van der Waals surface area contributed by atoms with Gasteiger partial charge in [-0.25, -0.2) is 14.4 Å². The number of carbonyl (C=O) groups is 3. The summed E-state index contributed by atoms with van der Waals surface area (Å²) in [6, 6.07) is 0. The molecule has 0 amide bonds. The van der Waals surface area contributed by atoms with Crippen molar-refractivity contribution in [1.82, 2.24) is 0 Å². The van der Waals surface area contributed by atoms with Crippen molar-refractivity contribution in [3.63, 3.8) is 0 Å². The topological polar surface area (TPSA) is 132 Å². The van der Waals surface area contributed by atoms with Gasteiger partial charge in [-0.1, -0.05) is 0 Å². The second kappa shape index (κ2) is 4.65. The second-order valence-electron chi connectivity index (χ2n) is 2.08. The summed E-state index contributed by atoms with van der Waals surface area (Å²) < 4.78 is 0. The van der Waals surface area contributed by atoms with E-state index in [0.717, 1.165) is 0 Å². The van der Waals surface area contributed by atoms with Gasteiger partial charge in [0.15, 0.2) is 0 Å². The molecule has 0 unspecified atom stereocenters. The molecule has 0 aliphatic carbocycles. The molecule has 0 rings (SSSR count). The summed E-state index contributed by atoms with van der Waals surface area (Å²) in [4.78, 5) is 30.4. The van der Waals surface area contributed by atoms with Crippen LogP contribution in [0.2, 0.25) is 0 Å². The van der Waals surface area contributed by atoms with E-state index in [1.807, 2.05) is 0 Å². The van der Waals surface area contributed by atoms with Crippen LogP contribution in [-0.4, -0.2) is 38.3 Å². The van der Waals surface area contributed by atoms with Crippen molar-refractivity contribution < 1.29 is 34.8 Å². The van der Waals surface area contributed by atoms with Crippen LogP contribution in [0.1, 0.15) is 0 Å². The molecule has 4 N–H and O–H groups in total. The zero-order valence-electron chi connectivity index (χ0n) is 6.67. The average Bonchev–Trinajstić information content (AvgIpc) is 2.01. The number of aliphatic carboxylic acids is 3. The molecule has 0 saturated heterocycles. The molecule has 0 aliphatic rings. The lowest BCUT2D eigenvalue weighted by Gasteiger charge is -1.94. The normalized spacial score (nSPS) is 12.3. The van der Waals surface area contributed by atoms with Gasteiger partial charge >= 0.3 is 17.9 Å². The highest BCUT2D eigenvalue weighted by Crippen LogP contribution is 2.01. The SMILES string of the molecule is O=C(O)/C=C(\C=C(O)C(=O)O)C(=O)O. The summed E-state index contributed by atoms with van der Waals surface area (Å²) in [5.74, 6) is -6.21. The highest BCUT2D eigenvalue weighted by atomic mass is 16.4. The first-order valence-electron chi connectivity index (χ1n) is 3.16. The summed E-state index contributed by atoms with van der Waals surface area (Å²) in [5, 5.41) is 33.3. The van der Waals surface area contributed by atoms with E-state index in [1.54, 1.807) is 0 Å². The molecule has 7 heteroatoms. The van der Waals surface area contributed by atoms with Gasteiger partial charge in [-0.15, -0.1) is 0 Å². The first-order chi connectivity index (χ1) is 6.34. The first kappa shape index (κ1) is 11.7. The van der Waals surface area contributed by atoms with E-state index in [1.165, 1.54) is 0 Å². The van der Waals surface area contributed by atoms with E-state index in [0.29, 0.717) is 6.08 Å². The summed E-state index contributed by atoms with van der Waals surface area (Å²) >= 11 is 0. The fourth-order valence-electron chi connectivity index (χ4n) is 0.507. The number of hydrogen-bond acceptors (Lipinski definition) is 4. The van der Waals surface area contributed by atoms with Gasteiger partial charge < -0.3 is 20.4 Å². The van der Waals surface area contributed by atoms with E-state index < -0.39 is 29.2 Å². The average molecular weight is 202 g/mol. The van der Waals surface area contributed by atoms with Crippen molar-refractivity contribution in [3.8, 4) is 0 Å². The van der Waals surface area contributed by atoms with Crippen LogP contribution in [0.3, 0.4) is 0 Å². The van der Waals surface area contributed by atoms with Crippen LogP contribution in [0.4, 0.5) is 0 Å². The lowest BCUT2D eigenvalue weighted by Crippen LogP contribution is -2.06. The molecule has 7 nitrogen and oxygen atoms in total. The maximum Gasteiger partial charge on any atom is 0.370 e. The Labute approximate surface area is 77.2 Å². The summed E-state index contributed by atoms with van der Waals surface area (Å²) in [6.45, 7) is 0. The molecule has 76 valence electrons. The lowest BCUT2D eigenvalue weighted by atomic mass is 10.2. The van der Waals surface area contributed by atoms with Crippen LogP contribution in [0.15, 0.2) is 23.5 Å². The van der Waals surface area contributed by atoms with Crippen molar-refractivity contribution in [3.05, 3.63) is 23.5 Å². The first-order valence-corrected chi connectivity index (χ1v) is 3.16. The number of aliphatic hydroxyl groups excluding tert-OH is 1. The smallest absolute Gasteiger partial charge is 0.370 e. The van der Waals surface area contributed by atoms with E-state index >= 15 is 0 Å². The molecule has 0 saturated carbocycles. The van der Waals surface area contributed by atoms with Crippen molar-refractivity contribution in [1.29, 1.82) is 0 Å². The van der Waals surface area contributed by atoms with Crippen LogP contribution in [0, 0.1) is 0 Å². The molecule has 0 radical (unpaired) electrons. The third kappa shape index (κ3) is 3.90. The molecule has 0 spiro atoms. The Balaban J connectivity index is 5.07. The minimum Gasteiger partial charge on any atom is -0.502 e. The lowest BCUT2D eigenvalue weighted by molar-refractivity contribution is -0.136. The van der Waals surface area contributed by atoms with E-state index in [2.05, 4.69) is 0 Å². The Morgan fingerprint density at radius 2 is 1.29 bits per heavy atom. The summed E-state index contributed by atoms with van der Waals surface area (Å²) in [5.41, 5.74) is -0.836. The van der Waals surface area contributed by atoms with Crippen LogP contribution in [-0.2, 0) is 14.4 Å². The molecule has 0 fully saturated rings. The maximum atomic E-state index is 10.3. The van der Waals surface area contributed by atoms with Crippen LogP contribution < -0.4 is 0 Å². The van der Waals surface area contributed by atoms with E-state index in [9.17, 15) is 14.4 Å². The maximum absolute atomic E-state index is 10.3. The molecular formula is C7H6O7. The van der Waals surface area contributed by atoms with Crippen molar-refractivity contribution in [2.24, 2.45) is 0 Å². The number of aliphatic hydroxyl groups is 1. The summed E-state index contributed by atoms with van der Waals surface area (Å²) in [6.07, 6.45) is 0.597. The molecule has 0 bridgehead atoms. The largest absolute Gasteiger partial charge is 0.502 e. The van der Waals surface area contributed by atoms with Gasteiger partial charge in [0, 0.05) is 12.2 Å². The molecule has 0 aromatic heterocycles. The van der Waals surface area contributed by atoms with Crippen molar-refractivity contribution in [2.75, 3.05) is 0 Å². The zero-order chi connectivity index (χ0) is 11.3. The van der Waals surface area contributed by atoms with Gasteiger partial charge in [0.2, 0.25) is 5.76 Å². The highest BCUT2D eigenvalue weighted by Gasteiger charge is 2.11. The number of rotatable bonds is 4. The molecule has 0 atom stereocenters. The Bertz CT molecular complexity index is 336. The number of hydrogen-bond donors (Lipinski definition) is 4. The van der Waals surface area contributed by atoms with Gasteiger partial charge in [0.05, 0.1) is 5.57 Å². The minimum absolute atomic E-state index is 0.265. The fraction of sp³-hybridized carbons (Fsp3) is 0. The molecule has 0 aromatic rings. The highest BCUT2D eigenvalue weighted by molar-refractivity contribution is 5.98. The van der Waals surface area contributed by atoms with Crippen molar-refractivity contribution in [2.45, 2.75) is 0 Å². The van der Waals surface area contributed by atoms with Crippen LogP contribution in [0.5, 0.6) is 0 Å². The van der Waals surface area contributed by atoms with Crippen molar-refractivity contribution >= 4 is 17.9 Å².